The lowest BCUT2D eigenvalue weighted by atomic mass is 9.84. The van der Waals surface area contributed by atoms with E-state index in [1.165, 1.54) is 19.3 Å². The Bertz CT molecular complexity index is 319. The van der Waals surface area contributed by atoms with Gasteiger partial charge in [-0.25, -0.2) is 0 Å². The first-order valence-corrected chi connectivity index (χ1v) is 7.78. The molecule has 110 valence electrons. The van der Waals surface area contributed by atoms with E-state index in [0.29, 0.717) is 17.9 Å². The van der Waals surface area contributed by atoms with E-state index in [2.05, 4.69) is 31.1 Å². The molecule has 2 fully saturated rings. The smallest absolute Gasteiger partial charge is 0.225 e. The molecule has 3 N–H and O–H groups in total. The number of hydrogen-bond donors (Lipinski definition) is 2. The third-order valence-corrected chi connectivity index (χ3v) is 5.39. The van der Waals surface area contributed by atoms with Gasteiger partial charge >= 0.3 is 0 Å². The van der Waals surface area contributed by atoms with Crippen LogP contribution >= 0.6 is 0 Å². The lowest BCUT2D eigenvalue weighted by Gasteiger charge is -2.28. The summed E-state index contributed by atoms with van der Waals surface area (Å²) in [6.07, 6.45) is 4.74. The number of rotatable bonds is 6. The number of fused-ring (bicyclic) bond motifs is 2. The lowest BCUT2D eigenvalue weighted by Crippen LogP contribution is -2.47. The fraction of sp³-hybridized carbons (Fsp3) is 0.933. The molecule has 4 nitrogen and oxygen atoms in total. The summed E-state index contributed by atoms with van der Waals surface area (Å²) in [7, 11) is 2.11. The maximum absolute atomic E-state index is 12.3. The number of amides is 1. The van der Waals surface area contributed by atoms with E-state index in [4.69, 9.17) is 5.73 Å². The Labute approximate surface area is 117 Å². The maximum Gasteiger partial charge on any atom is 0.225 e. The van der Waals surface area contributed by atoms with Crippen molar-refractivity contribution in [2.75, 3.05) is 20.1 Å². The average molecular weight is 267 g/mol. The molecule has 1 amide bonds. The molecule has 2 bridgehead atoms. The van der Waals surface area contributed by atoms with Crippen molar-refractivity contribution in [3.8, 4) is 0 Å². The fourth-order valence-corrected chi connectivity index (χ4v) is 3.73. The topological polar surface area (TPSA) is 58.4 Å². The Morgan fingerprint density at radius 3 is 2.68 bits per heavy atom. The lowest BCUT2D eigenvalue weighted by molar-refractivity contribution is -0.127. The summed E-state index contributed by atoms with van der Waals surface area (Å²) in [5.41, 5.74) is 6.20. The first kappa shape index (κ1) is 14.8. The molecule has 0 saturated heterocycles. The minimum absolute atomic E-state index is 0.0765. The van der Waals surface area contributed by atoms with Crippen LogP contribution in [0.2, 0.25) is 0 Å². The van der Waals surface area contributed by atoms with Gasteiger partial charge in [-0.3, -0.25) is 4.79 Å². The molecule has 0 aromatic carbocycles. The van der Waals surface area contributed by atoms with E-state index in [-0.39, 0.29) is 17.9 Å². The number of nitrogens with zero attached hydrogens (tertiary/aromatic N) is 1. The summed E-state index contributed by atoms with van der Waals surface area (Å²) < 4.78 is 0. The summed E-state index contributed by atoms with van der Waals surface area (Å²) in [5.74, 6) is 1.42. The molecular weight excluding hydrogens is 238 g/mol. The van der Waals surface area contributed by atoms with Crippen LogP contribution in [0.4, 0.5) is 0 Å². The second-order valence-electron chi connectivity index (χ2n) is 6.47. The van der Waals surface area contributed by atoms with Gasteiger partial charge in [-0.1, -0.05) is 6.92 Å². The predicted molar refractivity (Wildman–Crippen MR) is 77.7 cm³/mol. The fourth-order valence-electron chi connectivity index (χ4n) is 3.73. The Hall–Kier alpha value is -0.610. The van der Waals surface area contributed by atoms with E-state index in [1.54, 1.807) is 0 Å². The van der Waals surface area contributed by atoms with Gasteiger partial charge in [-0.15, -0.1) is 0 Å². The van der Waals surface area contributed by atoms with Crippen molar-refractivity contribution in [3.63, 3.8) is 0 Å². The van der Waals surface area contributed by atoms with E-state index < -0.39 is 0 Å². The number of hydrogen-bond acceptors (Lipinski definition) is 3. The molecule has 2 aliphatic carbocycles. The molecule has 2 aliphatic rings. The van der Waals surface area contributed by atoms with Crippen LogP contribution in [0.15, 0.2) is 0 Å². The first-order chi connectivity index (χ1) is 9.04. The maximum atomic E-state index is 12.3. The van der Waals surface area contributed by atoms with Crippen LogP contribution in [0, 0.1) is 17.8 Å². The third kappa shape index (κ3) is 3.11. The van der Waals surface area contributed by atoms with Gasteiger partial charge in [0.15, 0.2) is 0 Å². The average Bonchev–Trinajstić information content (AvgIpc) is 2.97. The number of carbonyl (C=O) groups excluding carboxylic acids is 1. The van der Waals surface area contributed by atoms with Gasteiger partial charge in [0, 0.05) is 25.2 Å². The highest BCUT2D eigenvalue weighted by molar-refractivity contribution is 5.80. The van der Waals surface area contributed by atoms with Crippen molar-refractivity contribution in [2.45, 2.75) is 51.6 Å². The third-order valence-electron chi connectivity index (χ3n) is 5.39. The minimum Gasteiger partial charge on any atom is -0.355 e. The molecule has 0 aromatic heterocycles. The summed E-state index contributed by atoms with van der Waals surface area (Å²) in [5, 5.41) is 3.09. The molecule has 0 aromatic rings. The van der Waals surface area contributed by atoms with Crippen molar-refractivity contribution in [3.05, 3.63) is 0 Å². The van der Waals surface area contributed by atoms with E-state index in [1.807, 2.05) is 0 Å². The van der Waals surface area contributed by atoms with Crippen LogP contribution in [-0.4, -0.2) is 43.0 Å². The number of nitrogens with one attached hydrogen (secondary N) is 1. The van der Waals surface area contributed by atoms with E-state index >= 15 is 0 Å². The van der Waals surface area contributed by atoms with Crippen LogP contribution in [0.25, 0.3) is 0 Å². The normalized spacial score (nSPS) is 34.8. The molecule has 0 heterocycles. The summed E-state index contributed by atoms with van der Waals surface area (Å²) in [6, 6.07) is 0.674. The van der Waals surface area contributed by atoms with Crippen LogP contribution in [-0.2, 0) is 4.79 Å². The van der Waals surface area contributed by atoms with Gasteiger partial charge in [0.2, 0.25) is 5.91 Å². The minimum atomic E-state index is 0.0765. The summed E-state index contributed by atoms with van der Waals surface area (Å²) in [6.45, 7) is 6.05. The van der Waals surface area contributed by atoms with Gasteiger partial charge in [0.1, 0.15) is 0 Å². The highest BCUT2D eigenvalue weighted by Crippen LogP contribution is 2.47. The van der Waals surface area contributed by atoms with Gasteiger partial charge < -0.3 is 16.0 Å². The molecule has 5 unspecified atom stereocenters. The van der Waals surface area contributed by atoms with Crippen LogP contribution < -0.4 is 11.1 Å². The Morgan fingerprint density at radius 1 is 1.42 bits per heavy atom. The standard InChI is InChI=1S/C15H29N3O/c1-4-10(2)18(3)8-7-17-15(19)13-11-5-6-12(9-11)14(13)16/h10-14H,4-9,16H2,1-3H3,(H,17,19). The predicted octanol–water partition coefficient (Wildman–Crippen LogP) is 1.21. The molecule has 4 heteroatoms. The van der Waals surface area contributed by atoms with Crippen molar-refractivity contribution in [1.82, 2.24) is 10.2 Å². The zero-order valence-corrected chi connectivity index (χ0v) is 12.6. The number of nitrogens with two attached hydrogens (primary N) is 1. The van der Waals surface area contributed by atoms with E-state index in [9.17, 15) is 4.79 Å². The number of carbonyl (C=O) groups is 1. The van der Waals surface area contributed by atoms with Crippen LogP contribution in [0.3, 0.4) is 0 Å². The molecule has 0 aliphatic heterocycles. The largest absolute Gasteiger partial charge is 0.355 e. The van der Waals surface area contributed by atoms with Crippen molar-refractivity contribution in [1.29, 1.82) is 0 Å². The number of likely N-dealkylation sites (N-methyl/N-ethyl adjacent to an activating group) is 1. The highest BCUT2D eigenvalue weighted by Gasteiger charge is 2.48. The highest BCUT2D eigenvalue weighted by atomic mass is 16.1. The van der Waals surface area contributed by atoms with Crippen molar-refractivity contribution >= 4 is 5.91 Å². The summed E-state index contributed by atoms with van der Waals surface area (Å²) >= 11 is 0. The Kier molecular flexibility index (Phi) is 4.85. The quantitative estimate of drug-likeness (QED) is 0.760. The second-order valence-corrected chi connectivity index (χ2v) is 6.47. The van der Waals surface area contributed by atoms with Gasteiger partial charge in [0.05, 0.1) is 5.92 Å². The molecule has 19 heavy (non-hydrogen) atoms. The van der Waals surface area contributed by atoms with E-state index in [0.717, 1.165) is 19.5 Å². The molecule has 2 rings (SSSR count). The summed E-state index contributed by atoms with van der Waals surface area (Å²) in [4.78, 5) is 14.5. The molecule has 2 saturated carbocycles. The Balaban J connectivity index is 1.73. The monoisotopic (exact) mass is 267 g/mol. The van der Waals surface area contributed by atoms with Crippen molar-refractivity contribution in [2.24, 2.45) is 23.5 Å². The first-order valence-electron chi connectivity index (χ1n) is 7.78. The van der Waals surface area contributed by atoms with Gasteiger partial charge in [-0.2, -0.15) is 0 Å². The van der Waals surface area contributed by atoms with Crippen LogP contribution in [0.5, 0.6) is 0 Å². The van der Waals surface area contributed by atoms with Crippen LogP contribution in [0.1, 0.15) is 39.5 Å². The van der Waals surface area contributed by atoms with Gasteiger partial charge in [0.25, 0.3) is 0 Å². The molecule has 0 spiro atoms. The SMILES string of the molecule is CCC(C)N(C)CCNC(=O)C1C2CCC(C2)C1N. The zero-order valence-electron chi connectivity index (χ0n) is 12.6. The molecule has 5 atom stereocenters. The zero-order chi connectivity index (χ0) is 14.0. The van der Waals surface area contributed by atoms with Crippen molar-refractivity contribution < 1.29 is 4.79 Å². The second kappa shape index (κ2) is 6.23. The molecule has 0 radical (unpaired) electrons. The molecular formula is C15H29N3O. The Morgan fingerprint density at radius 2 is 2.11 bits per heavy atom. The van der Waals surface area contributed by atoms with Gasteiger partial charge in [-0.05, 0) is 51.5 Å².